The molecule has 3 aromatic rings. The quantitative estimate of drug-likeness (QED) is 0.557. The van der Waals surface area contributed by atoms with E-state index >= 15 is 0 Å². The smallest absolute Gasteiger partial charge is 0.322 e. The average molecular weight is 419 g/mol. The molecule has 1 N–H and O–H groups in total. The lowest BCUT2D eigenvalue weighted by molar-refractivity contribution is 0.423. The summed E-state index contributed by atoms with van der Waals surface area (Å²) in [6, 6.07) is 0.361. The minimum absolute atomic E-state index is 0.361. The summed E-state index contributed by atoms with van der Waals surface area (Å²) < 4.78 is 5.37. The van der Waals surface area contributed by atoms with Crippen LogP contribution in [0.1, 0.15) is 64.2 Å². The Morgan fingerprint density at radius 3 is 2.69 bits per heavy atom. The summed E-state index contributed by atoms with van der Waals surface area (Å²) in [7, 11) is 0. The standard InChI is InChI=1S/C18H26N8O2S/c1-3-5-10-25-15-14(16(27)20-17(25)28)24(4-2)13(19-15)11-29-18-21-22-23-26(18)12-8-6-7-9-12/h12H,3-11H2,1-2H3,(H,20,27,28). The number of nitrogens with zero attached hydrogens (tertiary/aromatic N) is 7. The fourth-order valence-corrected chi connectivity index (χ4v) is 4.87. The van der Waals surface area contributed by atoms with E-state index in [1.807, 2.05) is 16.2 Å². The van der Waals surface area contributed by atoms with Crippen LogP contribution in [0.25, 0.3) is 11.2 Å². The van der Waals surface area contributed by atoms with Crippen LogP contribution in [-0.4, -0.2) is 39.3 Å². The zero-order chi connectivity index (χ0) is 20.4. The molecule has 29 heavy (non-hydrogen) atoms. The van der Waals surface area contributed by atoms with Gasteiger partial charge in [0, 0.05) is 13.1 Å². The zero-order valence-electron chi connectivity index (χ0n) is 16.8. The van der Waals surface area contributed by atoms with Crippen molar-refractivity contribution in [3.8, 4) is 0 Å². The SMILES string of the molecule is CCCCn1c(=O)[nH]c(=O)c2c1nc(CSc1nnnn1C1CCCC1)n2CC. The van der Waals surface area contributed by atoms with Crippen LogP contribution in [0.4, 0.5) is 0 Å². The lowest BCUT2D eigenvalue weighted by Gasteiger charge is -2.10. The number of thioether (sulfide) groups is 1. The Morgan fingerprint density at radius 2 is 1.97 bits per heavy atom. The molecule has 3 aromatic heterocycles. The normalized spacial score (nSPS) is 15.0. The van der Waals surface area contributed by atoms with E-state index in [0.29, 0.717) is 36.0 Å². The Bertz CT molecular complexity index is 1110. The molecule has 10 nitrogen and oxygen atoms in total. The summed E-state index contributed by atoms with van der Waals surface area (Å²) in [5.74, 6) is 1.27. The molecule has 1 aliphatic rings. The highest BCUT2D eigenvalue weighted by Gasteiger charge is 2.23. The first-order valence-electron chi connectivity index (χ1n) is 10.3. The van der Waals surface area contributed by atoms with E-state index in [0.717, 1.165) is 36.7 Å². The molecule has 1 saturated carbocycles. The maximum absolute atomic E-state index is 12.5. The van der Waals surface area contributed by atoms with E-state index in [2.05, 4.69) is 27.4 Å². The molecule has 0 amide bonds. The minimum Gasteiger partial charge on any atom is -0.322 e. The number of fused-ring (bicyclic) bond motifs is 1. The Hall–Kier alpha value is -2.43. The van der Waals surface area contributed by atoms with Gasteiger partial charge in [0.25, 0.3) is 5.56 Å². The van der Waals surface area contributed by atoms with Gasteiger partial charge in [-0.15, -0.1) is 5.10 Å². The average Bonchev–Trinajstić information content (AvgIpc) is 3.44. The lowest BCUT2D eigenvalue weighted by Crippen LogP contribution is -2.31. The third-order valence-electron chi connectivity index (χ3n) is 5.48. The number of nitrogens with one attached hydrogen (secondary N) is 1. The topological polar surface area (TPSA) is 116 Å². The molecule has 3 heterocycles. The number of unbranched alkanes of at least 4 members (excludes halogenated alkanes) is 1. The molecule has 156 valence electrons. The second kappa shape index (κ2) is 8.52. The van der Waals surface area contributed by atoms with Gasteiger partial charge in [-0.1, -0.05) is 37.9 Å². The highest BCUT2D eigenvalue weighted by Crippen LogP contribution is 2.32. The maximum Gasteiger partial charge on any atom is 0.330 e. The van der Waals surface area contributed by atoms with Gasteiger partial charge < -0.3 is 4.57 Å². The maximum atomic E-state index is 12.5. The van der Waals surface area contributed by atoms with Gasteiger partial charge in [0.15, 0.2) is 11.2 Å². The molecule has 0 radical (unpaired) electrons. The Kier molecular flexibility index (Phi) is 5.84. The molecule has 0 spiro atoms. The first-order chi connectivity index (χ1) is 14.1. The van der Waals surface area contributed by atoms with E-state index < -0.39 is 5.69 Å². The molecular formula is C18H26N8O2S. The van der Waals surface area contributed by atoms with E-state index in [4.69, 9.17) is 4.98 Å². The number of aryl methyl sites for hydroxylation is 2. The number of hydrogen-bond donors (Lipinski definition) is 1. The van der Waals surface area contributed by atoms with Gasteiger partial charge in [0.2, 0.25) is 5.16 Å². The summed E-state index contributed by atoms with van der Waals surface area (Å²) in [4.78, 5) is 32.0. The highest BCUT2D eigenvalue weighted by molar-refractivity contribution is 7.98. The van der Waals surface area contributed by atoms with E-state index in [1.165, 1.54) is 24.6 Å². The molecule has 1 fully saturated rings. The van der Waals surface area contributed by atoms with Crippen LogP contribution < -0.4 is 11.2 Å². The molecule has 0 saturated heterocycles. The number of imidazole rings is 1. The highest BCUT2D eigenvalue weighted by atomic mass is 32.2. The van der Waals surface area contributed by atoms with Crippen LogP contribution in [0.15, 0.2) is 14.7 Å². The van der Waals surface area contributed by atoms with Gasteiger partial charge in [-0.25, -0.2) is 14.5 Å². The summed E-state index contributed by atoms with van der Waals surface area (Å²) in [5, 5.41) is 13.0. The van der Waals surface area contributed by atoms with Crippen molar-refractivity contribution in [1.29, 1.82) is 0 Å². The number of hydrogen-bond acceptors (Lipinski definition) is 7. The molecule has 0 aliphatic heterocycles. The Labute approximate surface area is 171 Å². The van der Waals surface area contributed by atoms with E-state index in [9.17, 15) is 9.59 Å². The number of tetrazole rings is 1. The number of rotatable bonds is 8. The third-order valence-corrected chi connectivity index (χ3v) is 6.41. The van der Waals surface area contributed by atoms with Crippen molar-refractivity contribution < 1.29 is 0 Å². The third kappa shape index (κ3) is 3.75. The van der Waals surface area contributed by atoms with Crippen LogP contribution in [0, 0.1) is 0 Å². The van der Waals surface area contributed by atoms with Crippen molar-refractivity contribution in [2.24, 2.45) is 0 Å². The second-order valence-electron chi connectivity index (χ2n) is 7.34. The van der Waals surface area contributed by atoms with Crippen molar-refractivity contribution in [2.75, 3.05) is 0 Å². The zero-order valence-corrected chi connectivity index (χ0v) is 17.6. The van der Waals surface area contributed by atoms with Gasteiger partial charge in [0.05, 0.1) is 11.8 Å². The summed E-state index contributed by atoms with van der Waals surface area (Å²) in [6.45, 7) is 5.17. The Balaban J connectivity index is 1.67. The minimum atomic E-state index is -0.402. The first-order valence-corrected chi connectivity index (χ1v) is 11.3. The van der Waals surface area contributed by atoms with Gasteiger partial charge in [-0.3, -0.25) is 14.3 Å². The van der Waals surface area contributed by atoms with Crippen LogP contribution >= 0.6 is 11.8 Å². The summed E-state index contributed by atoms with van der Waals surface area (Å²) in [6.07, 6.45) is 6.42. The van der Waals surface area contributed by atoms with E-state index in [1.54, 1.807) is 4.57 Å². The summed E-state index contributed by atoms with van der Waals surface area (Å²) in [5.41, 5.74) is 0.120. The fourth-order valence-electron chi connectivity index (χ4n) is 3.98. The largest absolute Gasteiger partial charge is 0.330 e. The number of aromatic amines is 1. The summed E-state index contributed by atoms with van der Waals surface area (Å²) >= 11 is 1.52. The number of aromatic nitrogens is 8. The van der Waals surface area contributed by atoms with Crippen molar-refractivity contribution in [3.05, 3.63) is 26.7 Å². The molecule has 4 rings (SSSR count). The van der Waals surface area contributed by atoms with Crippen molar-refractivity contribution in [1.82, 2.24) is 39.3 Å². The Morgan fingerprint density at radius 1 is 1.17 bits per heavy atom. The molecule has 11 heteroatoms. The predicted octanol–water partition coefficient (Wildman–Crippen LogP) is 2.10. The lowest BCUT2D eigenvalue weighted by atomic mass is 10.3. The monoisotopic (exact) mass is 418 g/mol. The van der Waals surface area contributed by atoms with Crippen LogP contribution in [0.5, 0.6) is 0 Å². The van der Waals surface area contributed by atoms with Crippen LogP contribution in [-0.2, 0) is 18.8 Å². The molecule has 0 aromatic carbocycles. The van der Waals surface area contributed by atoms with Crippen molar-refractivity contribution in [2.45, 2.75) is 82.4 Å². The fraction of sp³-hybridized carbons (Fsp3) is 0.667. The molecule has 0 bridgehead atoms. The first kappa shape index (κ1) is 19.9. The molecule has 1 aliphatic carbocycles. The van der Waals surface area contributed by atoms with Gasteiger partial charge in [-0.2, -0.15) is 0 Å². The predicted molar refractivity (Wildman–Crippen MR) is 110 cm³/mol. The molecular weight excluding hydrogens is 392 g/mol. The van der Waals surface area contributed by atoms with Gasteiger partial charge in [-0.05, 0) is 36.6 Å². The van der Waals surface area contributed by atoms with Crippen LogP contribution in [0.2, 0.25) is 0 Å². The second-order valence-corrected chi connectivity index (χ2v) is 8.28. The number of H-pyrrole nitrogens is 1. The van der Waals surface area contributed by atoms with E-state index in [-0.39, 0.29) is 5.56 Å². The van der Waals surface area contributed by atoms with Gasteiger partial charge >= 0.3 is 5.69 Å². The molecule has 0 unspecified atom stereocenters. The molecule has 0 atom stereocenters. The van der Waals surface area contributed by atoms with Crippen LogP contribution in [0.3, 0.4) is 0 Å². The van der Waals surface area contributed by atoms with Crippen molar-refractivity contribution >= 4 is 22.9 Å². The van der Waals surface area contributed by atoms with Gasteiger partial charge in [0.1, 0.15) is 5.82 Å². The van der Waals surface area contributed by atoms with Crippen molar-refractivity contribution in [3.63, 3.8) is 0 Å².